The quantitative estimate of drug-likeness (QED) is 0.259. The average Bonchev–Trinajstić information content (AvgIpc) is 2.33. The predicted octanol–water partition coefficient (Wildman–Crippen LogP) is 0.454. The number of oxime groups is 1. The van der Waals surface area contributed by atoms with E-state index in [2.05, 4.69) is 10.1 Å². The third-order valence-corrected chi connectivity index (χ3v) is 4.30. The number of nitrogens with zero attached hydrogens (tertiary/aromatic N) is 2. The Hall–Kier alpha value is -1.28. The Morgan fingerprint density at radius 3 is 2.94 bits per heavy atom. The summed E-state index contributed by atoms with van der Waals surface area (Å²) in [5, 5.41) is 11.4. The van der Waals surface area contributed by atoms with Crippen molar-refractivity contribution in [2.24, 2.45) is 10.9 Å². The van der Waals surface area contributed by atoms with Crippen LogP contribution in [-0.2, 0) is 15.6 Å². The molecule has 0 bridgehead atoms. The van der Waals surface area contributed by atoms with Gasteiger partial charge in [0.25, 0.3) is 0 Å². The molecule has 1 aromatic heterocycles. The molecule has 0 aliphatic heterocycles. The van der Waals surface area contributed by atoms with Crippen LogP contribution in [0.3, 0.4) is 0 Å². The Balaban J connectivity index is 2.53. The molecule has 0 aliphatic carbocycles. The molecule has 0 spiro atoms. The van der Waals surface area contributed by atoms with E-state index in [1.54, 1.807) is 12.3 Å². The van der Waals surface area contributed by atoms with Crippen LogP contribution in [0.15, 0.2) is 23.5 Å². The van der Waals surface area contributed by atoms with Gasteiger partial charge in [-0.3, -0.25) is 4.98 Å². The number of amidine groups is 1. The van der Waals surface area contributed by atoms with Crippen molar-refractivity contribution in [1.82, 2.24) is 4.98 Å². The normalized spacial score (nSPS) is 12.6. The summed E-state index contributed by atoms with van der Waals surface area (Å²) < 4.78 is 21.9. The summed E-state index contributed by atoms with van der Waals surface area (Å²) in [6.45, 7) is 0. The Bertz CT molecular complexity index is 529. The van der Waals surface area contributed by atoms with Crippen LogP contribution in [0.1, 0.15) is 11.3 Å². The smallest absolute Gasteiger partial charge is 0.188 e. The third-order valence-electron chi connectivity index (χ3n) is 2.06. The van der Waals surface area contributed by atoms with Crippen molar-refractivity contribution >= 4 is 27.4 Å². The maximum absolute atomic E-state index is 10.9. The highest BCUT2D eigenvalue weighted by Gasteiger charge is 2.04. The average molecular weight is 289 g/mol. The van der Waals surface area contributed by atoms with Crippen molar-refractivity contribution in [2.75, 3.05) is 17.8 Å². The summed E-state index contributed by atoms with van der Waals surface area (Å²) in [7, 11) is -2.91. The third kappa shape index (κ3) is 5.37. The van der Waals surface area contributed by atoms with Gasteiger partial charge in [0.2, 0.25) is 0 Å². The molecule has 0 amide bonds. The van der Waals surface area contributed by atoms with E-state index < -0.39 is 9.84 Å². The van der Waals surface area contributed by atoms with E-state index in [0.717, 1.165) is 5.56 Å². The van der Waals surface area contributed by atoms with Crippen LogP contribution >= 0.6 is 11.8 Å². The van der Waals surface area contributed by atoms with Crippen LogP contribution in [-0.4, -0.2) is 42.2 Å². The maximum Gasteiger partial charge on any atom is 0.188 e. The Labute approximate surface area is 110 Å². The van der Waals surface area contributed by atoms with Gasteiger partial charge in [0.15, 0.2) is 5.84 Å². The topological polar surface area (TPSA) is 106 Å². The van der Waals surface area contributed by atoms with Crippen LogP contribution in [0, 0.1) is 0 Å². The molecule has 1 aromatic rings. The number of hydrogen-bond donors (Lipinski definition) is 2. The van der Waals surface area contributed by atoms with E-state index >= 15 is 0 Å². The molecule has 0 radical (unpaired) electrons. The second kappa shape index (κ2) is 6.60. The molecule has 0 aromatic carbocycles. The summed E-state index contributed by atoms with van der Waals surface area (Å²) in [6.07, 6.45) is 2.79. The number of hydrogen-bond acceptors (Lipinski definition) is 6. The minimum atomic E-state index is -2.91. The number of rotatable bonds is 6. The van der Waals surface area contributed by atoms with Gasteiger partial charge in [-0.1, -0.05) is 5.16 Å². The van der Waals surface area contributed by atoms with Crippen molar-refractivity contribution in [3.05, 3.63) is 29.6 Å². The van der Waals surface area contributed by atoms with Gasteiger partial charge in [0.05, 0.1) is 5.75 Å². The molecule has 0 saturated carbocycles. The Morgan fingerprint density at radius 1 is 1.61 bits per heavy atom. The van der Waals surface area contributed by atoms with Crippen molar-refractivity contribution in [3.63, 3.8) is 0 Å². The molecular formula is C10H15N3O3S2. The molecule has 0 atom stereocenters. The molecule has 100 valence electrons. The first-order valence-corrected chi connectivity index (χ1v) is 8.32. The first kappa shape index (κ1) is 14.8. The van der Waals surface area contributed by atoms with Gasteiger partial charge >= 0.3 is 0 Å². The predicted molar refractivity (Wildman–Crippen MR) is 72.6 cm³/mol. The molecular weight excluding hydrogens is 274 g/mol. The Morgan fingerprint density at radius 2 is 2.33 bits per heavy atom. The van der Waals surface area contributed by atoms with Crippen LogP contribution in [0.4, 0.5) is 0 Å². The molecule has 18 heavy (non-hydrogen) atoms. The maximum atomic E-state index is 10.9. The molecule has 0 fully saturated rings. The highest BCUT2D eigenvalue weighted by molar-refractivity contribution is 7.99. The number of aromatic nitrogens is 1. The summed E-state index contributed by atoms with van der Waals surface area (Å²) in [5.41, 5.74) is 6.78. The fourth-order valence-corrected chi connectivity index (χ4v) is 3.40. The van der Waals surface area contributed by atoms with Crippen LogP contribution in [0.5, 0.6) is 0 Å². The van der Waals surface area contributed by atoms with E-state index in [0.29, 0.717) is 17.2 Å². The number of thioether (sulfide) groups is 1. The molecule has 3 N–H and O–H groups in total. The highest BCUT2D eigenvalue weighted by atomic mass is 32.2. The van der Waals surface area contributed by atoms with Crippen molar-refractivity contribution in [2.45, 2.75) is 5.75 Å². The fourth-order valence-electron chi connectivity index (χ4n) is 1.16. The van der Waals surface area contributed by atoms with Gasteiger partial charge in [-0.2, -0.15) is 11.8 Å². The molecule has 1 rings (SSSR count). The van der Waals surface area contributed by atoms with Crippen LogP contribution in [0.25, 0.3) is 0 Å². The zero-order chi connectivity index (χ0) is 13.6. The minimum Gasteiger partial charge on any atom is -0.409 e. The van der Waals surface area contributed by atoms with E-state index in [-0.39, 0.29) is 11.6 Å². The second-order valence-corrected chi connectivity index (χ2v) is 7.08. The van der Waals surface area contributed by atoms with Gasteiger partial charge < -0.3 is 10.9 Å². The monoisotopic (exact) mass is 289 g/mol. The lowest BCUT2D eigenvalue weighted by Crippen LogP contribution is -2.15. The van der Waals surface area contributed by atoms with Crippen molar-refractivity contribution < 1.29 is 13.6 Å². The fraction of sp³-hybridized carbons (Fsp3) is 0.400. The van der Waals surface area contributed by atoms with E-state index in [1.165, 1.54) is 18.0 Å². The lowest BCUT2D eigenvalue weighted by Gasteiger charge is -2.03. The van der Waals surface area contributed by atoms with Gasteiger partial charge in [-0.25, -0.2) is 8.42 Å². The van der Waals surface area contributed by atoms with Crippen LogP contribution < -0.4 is 5.73 Å². The number of sulfone groups is 1. The molecule has 0 saturated heterocycles. The number of nitrogens with two attached hydrogens (primary N) is 1. The molecule has 1 heterocycles. The zero-order valence-electron chi connectivity index (χ0n) is 9.91. The Kier molecular flexibility index (Phi) is 5.42. The SMILES string of the molecule is CS(=O)(=O)CCSCc1ccnc(C(N)=NO)c1. The summed E-state index contributed by atoms with van der Waals surface area (Å²) in [4.78, 5) is 3.96. The van der Waals surface area contributed by atoms with Crippen molar-refractivity contribution in [1.29, 1.82) is 0 Å². The molecule has 6 nitrogen and oxygen atoms in total. The highest BCUT2D eigenvalue weighted by Crippen LogP contribution is 2.12. The molecule has 0 unspecified atom stereocenters. The lowest BCUT2D eigenvalue weighted by molar-refractivity contribution is 0.318. The first-order valence-electron chi connectivity index (χ1n) is 5.10. The van der Waals surface area contributed by atoms with E-state index in [9.17, 15) is 8.42 Å². The zero-order valence-corrected chi connectivity index (χ0v) is 11.5. The largest absolute Gasteiger partial charge is 0.409 e. The van der Waals surface area contributed by atoms with Gasteiger partial charge in [-0.15, -0.1) is 0 Å². The second-order valence-electron chi connectivity index (χ2n) is 3.72. The standard InChI is InChI=1S/C10H15N3O3S2/c1-18(15,16)5-4-17-7-8-2-3-12-9(6-8)10(11)13-14/h2-3,6,14H,4-5,7H2,1H3,(H2,11,13). The van der Waals surface area contributed by atoms with Gasteiger partial charge in [-0.05, 0) is 17.7 Å². The summed E-state index contributed by atoms with van der Waals surface area (Å²) in [6, 6.07) is 3.52. The van der Waals surface area contributed by atoms with Crippen molar-refractivity contribution in [3.8, 4) is 0 Å². The first-order chi connectivity index (χ1) is 8.42. The molecule has 0 aliphatic rings. The van der Waals surface area contributed by atoms with Crippen LogP contribution in [0.2, 0.25) is 0 Å². The van der Waals surface area contributed by atoms with E-state index in [1.807, 2.05) is 6.07 Å². The van der Waals surface area contributed by atoms with E-state index in [4.69, 9.17) is 10.9 Å². The molecule has 8 heteroatoms. The number of pyridine rings is 1. The lowest BCUT2D eigenvalue weighted by atomic mass is 10.2. The summed E-state index contributed by atoms with van der Waals surface area (Å²) >= 11 is 1.51. The van der Waals surface area contributed by atoms with Gasteiger partial charge in [0.1, 0.15) is 15.5 Å². The summed E-state index contributed by atoms with van der Waals surface area (Å²) in [5.74, 6) is 1.32. The minimum absolute atomic E-state index is 0.0435. The van der Waals surface area contributed by atoms with Gasteiger partial charge in [0, 0.05) is 24.0 Å².